The number of nitrogens with one attached hydrogen (secondary N) is 1. The SMILES string of the molecule is Cc1ccc(C)c(C(C)NC(=O)C2CCN(Cc3c(Cl)cccc3Cl)CC2)c1. The van der Waals surface area contributed by atoms with Crippen molar-refractivity contribution in [1.82, 2.24) is 10.2 Å². The summed E-state index contributed by atoms with van der Waals surface area (Å²) in [5.74, 6) is 0.217. The Hall–Kier alpha value is -1.55. The van der Waals surface area contributed by atoms with E-state index >= 15 is 0 Å². The molecule has 0 bridgehead atoms. The van der Waals surface area contributed by atoms with Gasteiger partial charge in [0.2, 0.25) is 5.91 Å². The molecule has 1 amide bonds. The molecular formula is C23H28Cl2N2O. The smallest absolute Gasteiger partial charge is 0.223 e. The highest BCUT2D eigenvalue weighted by Crippen LogP contribution is 2.28. The predicted octanol–water partition coefficient (Wildman–Crippen LogP) is 5.70. The summed E-state index contributed by atoms with van der Waals surface area (Å²) in [7, 11) is 0. The quantitative estimate of drug-likeness (QED) is 0.674. The third-order valence-corrected chi connectivity index (χ3v) is 6.37. The molecule has 0 saturated carbocycles. The van der Waals surface area contributed by atoms with Gasteiger partial charge in [-0.3, -0.25) is 9.69 Å². The predicted molar refractivity (Wildman–Crippen MR) is 117 cm³/mol. The van der Waals surface area contributed by atoms with Crippen LogP contribution in [-0.4, -0.2) is 23.9 Å². The minimum Gasteiger partial charge on any atom is -0.349 e. The zero-order valence-electron chi connectivity index (χ0n) is 16.8. The van der Waals surface area contributed by atoms with Crippen molar-refractivity contribution >= 4 is 29.1 Å². The lowest BCUT2D eigenvalue weighted by molar-refractivity contribution is -0.127. The minimum atomic E-state index is 0.0207. The molecule has 1 heterocycles. The highest BCUT2D eigenvalue weighted by Gasteiger charge is 2.26. The van der Waals surface area contributed by atoms with Crippen molar-refractivity contribution in [2.45, 2.75) is 46.2 Å². The number of amides is 1. The van der Waals surface area contributed by atoms with Crippen LogP contribution in [0, 0.1) is 19.8 Å². The van der Waals surface area contributed by atoms with E-state index in [1.807, 2.05) is 18.2 Å². The van der Waals surface area contributed by atoms with E-state index in [1.54, 1.807) is 0 Å². The van der Waals surface area contributed by atoms with Crippen molar-refractivity contribution in [2.24, 2.45) is 5.92 Å². The molecule has 3 nitrogen and oxygen atoms in total. The van der Waals surface area contributed by atoms with Crippen LogP contribution in [0.3, 0.4) is 0 Å². The summed E-state index contributed by atoms with van der Waals surface area (Å²) in [6.45, 7) is 8.71. The van der Waals surface area contributed by atoms with Gasteiger partial charge in [-0.05, 0) is 70.0 Å². The molecule has 0 radical (unpaired) electrons. The van der Waals surface area contributed by atoms with Crippen molar-refractivity contribution < 1.29 is 4.79 Å². The Morgan fingerprint density at radius 2 is 1.79 bits per heavy atom. The number of benzene rings is 2. The molecule has 3 rings (SSSR count). The van der Waals surface area contributed by atoms with E-state index in [9.17, 15) is 4.79 Å². The van der Waals surface area contributed by atoms with E-state index in [0.717, 1.165) is 38.0 Å². The zero-order chi connectivity index (χ0) is 20.3. The Labute approximate surface area is 178 Å². The van der Waals surface area contributed by atoms with Crippen LogP contribution < -0.4 is 5.32 Å². The Kier molecular flexibility index (Phi) is 7.03. The van der Waals surface area contributed by atoms with Crippen LogP contribution >= 0.6 is 23.2 Å². The largest absolute Gasteiger partial charge is 0.349 e. The third kappa shape index (κ3) is 5.08. The fourth-order valence-corrected chi connectivity index (χ4v) is 4.41. The number of likely N-dealkylation sites (tertiary alicyclic amines) is 1. The highest BCUT2D eigenvalue weighted by atomic mass is 35.5. The summed E-state index contributed by atoms with van der Waals surface area (Å²) in [4.78, 5) is 15.1. The average molecular weight is 419 g/mol. The van der Waals surface area contributed by atoms with Crippen LogP contribution in [0.4, 0.5) is 0 Å². The van der Waals surface area contributed by atoms with Crippen LogP contribution in [0.25, 0.3) is 0 Å². The monoisotopic (exact) mass is 418 g/mol. The molecule has 5 heteroatoms. The number of aryl methyl sites for hydroxylation is 2. The fraction of sp³-hybridized carbons (Fsp3) is 0.435. The number of halogens is 2. The van der Waals surface area contributed by atoms with Crippen molar-refractivity contribution in [3.63, 3.8) is 0 Å². The Balaban J connectivity index is 1.54. The van der Waals surface area contributed by atoms with Gasteiger partial charge in [0.15, 0.2) is 0 Å². The van der Waals surface area contributed by atoms with Gasteiger partial charge in [0.1, 0.15) is 0 Å². The van der Waals surface area contributed by atoms with Gasteiger partial charge in [0.05, 0.1) is 6.04 Å². The summed E-state index contributed by atoms with van der Waals surface area (Å²) in [6, 6.07) is 12.0. The second-order valence-electron chi connectivity index (χ2n) is 7.84. The summed E-state index contributed by atoms with van der Waals surface area (Å²) < 4.78 is 0. The highest BCUT2D eigenvalue weighted by molar-refractivity contribution is 6.35. The molecule has 0 aliphatic carbocycles. The van der Waals surface area contributed by atoms with Gasteiger partial charge < -0.3 is 5.32 Å². The van der Waals surface area contributed by atoms with Gasteiger partial charge in [-0.25, -0.2) is 0 Å². The maximum atomic E-state index is 12.8. The first-order valence-electron chi connectivity index (χ1n) is 9.88. The molecule has 150 valence electrons. The maximum Gasteiger partial charge on any atom is 0.223 e. The number of hydrogen-bond acceptors (Lipinski definition) is 2. The fourth-order valence-electron chi connectivity index (χ4n) is 3.90. The number of rotatable bonds is 5. The van der Waals surface area contributed by atoms with Crippen LogP contribution in [0.2, 0.25) is 10.0 Å². The molecule has 0 aromatic heterocycles. The molecule has 1 saturated heterocycles. The lowest BCUT2D eigenvalue weighted by Gasteiger charge is -2.32. The molecule has 1 N–H and O–H groups in total. The summed E-state index contributed by atoms with van der Waals surface area (Å²) in [5.41, 5.74) is 4.59. The number of carbonyl (C=O) groups is 1. The van der Waals surface area contributed by atoms with Gasteiger partial charge in [-0.15, -0.1) is 0 Å². The lowest BCUT2D eigenvalue weighted by Crippen LogP contribution is -2.41. The zero-order valence-corrected chi connectivity index (χ0v) is 18.3. The molecule has 2 aromatic rings. The molecular weight excluding hydrogens is 391 g/mol. The van der Waals surface area contributed by atoms with E-state index in [-0.39, 0.29) is 17.9 Å². The minimum absolute atomic E-state index is 0.0207. The number of nitrogens with zero attached hydrogens (tertiary/aromatic N) is 1. The molecule has 1 aliphatic rings. The second-order valence-corrected chi connectivity index (χ2v) is 8.66. The average Bonchev–Trinajstić information content (AvgIpc) is 2.67. The number of piperidine rings is 1. The third-order valence-electron chi connectivity index (χ3n) is 5.66. The molecule has 28 heavy (non-hydrogen) atoms. The number of hydrogen-bond donors (Lipinski definition) is 1. The normalized spacial score (nSPS) is 16.8. The Morgan fingerprint density at radius 1 is 1.14 bits per heavy atom. The van der Waals surface area contributed by atoms with E-state index in [2.05, 4.69) is 49.2 Å². The molecule has 1 unspecified atom stereocenters. The van der Waals surface area contributed by atoms with Crippen molar-refractivity contribution in [3.05, 3.63) is 68.7 Å². The van der Waals surface area contributed by atoms with Crippen LogP contribution in [0.15, 0.2) is 36.4 Å². The van der Waals surface area contributed by atoms with Gasteiger partial charge in [0, 0.05) is 28.1 Å². The summed E-state index contributed by atoms with van der Waals surface area (Å²) in [5, 5.41) is 4.62. The van der Waals surface area contributed by atoms with E-state index in [0.29, 0.717) is 10.0 Å². The maximum absolute atomic E-state index is 12.8. The first-order chi connectivity index (χ1) is 13.3. The van der Waals surface area contributed by atoms with Crippen molar-refractivity contribution in [3.8, 4) is 0 Å². The first kappa shape index (κ1) is 21.2. The Bertz CT molecular complexity index is 824. The van der Waals surface area contributed by atoms with Gasteiger partial charge in [0.25, 0.3) is 0 Å². The second kappa shape index (κ2) is 9.30. The lowest BCUT2D eigenvalue weighted by atomic mass is 9.94. The van der Waals surface area contributed by atoms with Gasteiger partial charge in [-0.1, -0.05) is 53.0 Å². The van der Waals surface area contributed by atoms with E-state index in [1.165, 1.54) is 16.7 Å². The van der Waals surface area contributed by atoms with E-state index in [4.69, 9.17) is 23.2 Å². The molecule has 0 spiro atoms. The Morgan fingerprint density at radius 3 is 2.43 bits per heavy atom. The topological polar surface area (TPSA) is 32.3 Å². The van der Waals surface area contributed by atoms with Crippen LogP contribution in [0.5, 0.6) is 0 Å². The molecule has 1 atom stereocenters. The van der Waals surface area contributed by atoms with Gasteiger partial charge >= 0.3 is 0 Å². The molecule has 1 fully saturated rings. The van der Waals surface area contributed by atoms with Crippen molar-refractivity contribution in [1.29, 1.82) is 0 Å². The first-order valence-corrected chi connectivity index (χ1v) is 10.6. The molecule has 2 aromatic carbocycles. The standard InChI is InChI=1S/C23H28Cl2N2O/c1-15-7-8-16(2)19(13-15)17(3)26-23(28)18-9-11-27(12-10-18)14-20-21(24)5-4-6-22(20)25/h4-8,13,17-18H,9-12,14H2,1-3H3,(H,26,28). The van der Waals surface area contributed by atoms with E-state index < -0.39 is 0 Å². The summed E-state index contributed by atoms with van der Waals surface area (Å²) >= 11 is 12.6. The van der Waals surface area contributed by atoms with Crippen LogP contribution in [-0.2, 0) is 11.3 Å². The van der Waals surface area contributed by atoms with Gasteiger partial charge in [-0.2, -0.15) is 0 Å². The van der Waals surface area contributed by atoms with Crippen molar-refractivity contribution in [2.75, 3.05) is 13.1 Å². The summed E-state index contributed by atoms with van der Waals surface area (Å²) in [6.07, 6.45) is 1.71. The van der Waals surface area contributed by atoms with Crippen LogP contribution in [0.1, 0.15) is 48.1 Å². The number of carbonyl (C=O) groups excluding carboxylic acids is 1. The molecule has 1 aliphatic heterocycles.